The number of fused-ring (bicyclic) bond motifs is 2. The number of sulfonamides is 1. The van der Waals surface area contributed by atoms with Gasteiger partial charge in [0.2, 0.25) is 10.0 Å². The van der Waals surface area contributed by atoms with Crippen molar-refractivity contribution in [3.8, 4) is 0 Å². The number of benzene rings is 2. The maximum Gasteiger partial charge on any atom is 0.264 e. The number of piperazine rings is 1. The summed E-state index contributed by atoms with van der Waals surface area (Å²) < 4.78 is 50.1. The van der Waals surface area contributed by atoms with Crippen molar-refractivity contribution in [2.24, 2.45) is 0 Å². The molecule has 0 aliphatic carbocycles. The predicted molar refractivity (Wildman–Crippen MR) is 114 cm³/mol. The lowest BCUT2D eigenvalue weighted by Crippen LogP contribution is -2.50. The lowest BCUT2D eigenvalue weighted by Gasteiger charge is -2.33. The van der Waals surface area contributed by atoms with Gasteiger partial charge in [0.15, 0.2) is 0 Å². The minimum absolute atomic E-state index is 0.139. The molecule has 1 aliphatic rings. The highest BCUT2D eigenvalue weighted by Crippen LogP contribution is 2.29. The second-order valence-electron chi connectivity index (χ2n) is 6.88. The second-order valence-corrected chi connectivity index (χ2v) is 10.4. The first-order valence-electron chi connectivity index (χ1n) is 9.13. The van der Waals surface area contributed by atoms with Gasteiger partial charge in [0, 0.05) is 30.9 Å². The van der Waals surface area contributed by atoms with E-state index in [0.717, 1.165) is 16.4 Å². The Morgan fingerprint density at radius 1 is 1.03 bits per heavy atom. The van der Waals surface area contributed by atoms with Crippen molar-refractivity contribution >= 4 is 60.1 Å². The van der Waals surface area contributed by atoms with Crippen LogP contribution < -0.4 is 0 Å². The fraction of sp³-hybridized carbons (Fsp3) is 0.211. The third-order valence-corrected chi connectivity index (χ3v) is 8.66. The van der Waals surface area contributed by atoms with Crippen LogP contribution in [0.3, 0.4) is 0 Å². The van der Waals surface area contributed by atoms with E-state index in [9.17, 15) is 17.6 Å². The van der Waals surface area contributed by atoms with Crippen molar-refractivity contribution in [3.05, 3.63) is 53.2 Å². The van der Waals surface area contributed by atoms with Crippen LogP contribution in [0.15, 0.2) is 47.4 Å². The van der Waals surface area contributed by atoms with E-state index >= 15 is 0 Å². The summed E-state index contributed by atoms with van der Waals surface area (Å²) in [6, 6.07) is 11.0. The van der Waals surface area contributed by atoms with Crippen LogP contribution in [0, 0.1) is 5.82 Å². The van der Waals surface area contributed by atoms with Crippen LogP contribution in [0.25, 0.3) is 21.1 Å². The van der Waals surface area contributed by atoms with Gasteiger partial charge in [-0.25, -0.2) is 12.8 Å². The van der Waals surface area contributed by atoms with Crippen molar-refractivity contribution in [2.45, 2.75) is 4.90 Å². The molecule has 154 valence electrons. The molecule has 1 fully saturated rings. The van der Waals surface area contributed by atoms with Crippen LogP contribution in [0.1, 0.15) is 9.67 Å². The number of hydrogen-bond donors (Lipinski definition) is 0. The number of amides is 1. The quantitative estimate of drug-likeness (QED) is 0.467. The molecule has 0 atom stereocenters. The Bertz CT molecular complexity index is 1370. The molecule has 2 aromatic carbocycles. The summed E-state index contributed by atoms with van der Waals surface area (Å²) in [5.41, 5.74) is 0.926. The first kappa shape index (κ1) is 19.5. The van der Waals surface area contributed by atoms with E-state index < -0.39 is 10.0 Å². The highest BCUT2D eigenvalue weighted by Gasteiger charge is 2.32. The number of hydrogen-bond acceptors (Lipinski definition) is 7. The molecule has 0 bridgehead atoms. The monoisotopic (exact) mass is 462 g/mol. The summed E-state index contributed by atoms with van der Waals surface area (Å²) in [6.07, 6.45) is 0. The van der Waals surface area contributed by atoms with Crippen molar-refractivity contribution in [1.82, 2.24) is 18.0 Å². The van der Waals surface area contributed by atoms with Crippen molar-refractivity contribution in [3.63, 3.8) is 0 Å². The molecule has 0 saturated carbocycles. The van der Waals surface area contributed by atoms with E-state index in [1.54, 1.807) is 29.2 Å². The van der Waals surface area contributed by atoms with Crippen molar-refractivity contribution in [1.29, 1.82) is 0 Å². The van der Waals surface area contributed by atoms with Gasteiger partial charge in [0.05, 0.1) is 16.6 Å². The molecular weight excluding hydrogens is 447 g/mol. The Morgan fingerprint density at radius 3 is 2.63 bits per heavy atom. The molecule has 0 spiro atoms. The zero-order valence-corrected chi connectivity index (χ0v) is 17.9. The van der Waals surface area contributed by atoms with E-state index in [-0.39, 0.29) is 42.8 Å². The summed E-state index contributed by atoms with van der Waals surface area (Å²) in [5, 5.41) is 0.689. The topological polar surface area (TPSA) is 83.5 Å². The molecule has 7 nitrogen and oxygen atoms in total. The van der Waals surface area contributed by atoms with Gasteiger partial charge >= 0.3 is 0 Å². The number of halogens is 1. The average Bonchev–Trinajstić information content (AvgIpc) is 3.39. The Labute approximate surface area is 179 Å². The Kier molecular flexibility index (Phi) is 4.77. The molecule has 2 aromatic heterocycles. The lowest BCUT2D eigenvalue weighted by molar-refractivity contribution is 0.0703. The van der Waals surface area contributed by atoms with Gasteiger partial charge in [-0.2, -0.15) is 13.1 Å². The molecule has 1 amide bonds. The lowest BCUT2D eigenvalue weighted by atomic mass is 10.2. The number of carbonyl (C=O) groups is 1. The smallest absolute Gasteiger partial charge is 0.264 e. The van der Waals surface area contributed by atoms with Crippen LogP contribution in [0.2, 0.25) is 0 Å². The molecule has 0 N–H and O–H groups in total. The van der Waals surface area contributed by atoms with E-state index in [1.165, 1.54) is 33.8 Å². The maximum atomic E-state index is 13.4. The number of nitrogens with zero attached hydrogens (tertiary/aromatic N) is 4. The van der Waals surface area contributed by atoms with Gasteiger partial charge in [-0.3, -0.25) is 4.79 Å². The predicted octanol–water partition coefficient (Wildman–Crippen LogP) is 3.19. The minimum atomic E-state index is -3.74. The summed E-state index contributed by atoms with van der Waals surface area (Å²) >= 11 is 2.29. The van der Waals surface area contributed by atoms with E-state index in [2.05, 4.69) is 8.75 Å². The minimum Gasteiger partial charge on any atom is -0.335 e. The average molecular weight is 463 g/mol. The highest BCUT2D eigenvalue weighted by atomic mass is 32.2. The molecule has 30 heavy (non-hydrogen) atoms. The number of thiophene rings is 1. The Morgan fingerprint density at radius 2 is 1.83 bits per heavy atom. The van der Waals surface area contributed by atoms with E-state index in [4.69, 9.17) is 0 Å². The molecule has 1 aliphatic heterocycles. The molecule has 1 saturated heterocycles. The SMILES string of the molecule is O=C(c1cc2cc(F)ccc2s1)N1CCN(S(=O)(=O)c2cccc3nsnc23)CC1. The standard InChI is InChI=1S/C19H15FN4O3S3/c20-13-4-5-15-12(10-13)11-16(28-15)19(25)23-6-8-24(9-7-23)30(26,27)17-3-1-2-14-18(17)22-29-21-14/h1-5,10-11H,6-9H2. The highest BCUT2D eigenvalue weighted by molar-refractivity contribution is 7.89. The molecular formula is C19H15FN4O3S3. The molecule has 4 aromatic rings. The summed E-state index contributed by atoms with van der Waals surface area (Å²) in [7, 11) is -3.74. The van der Waals surface area contributed by atoms with Gasteiger partial charge in [0.25, 0.3) is 5.91 Å². The zero-order valence-electron chi connectivity index (χ0n) is 15.5. The largest absolute Gasteiger partial charge is 0.335 e. The van der Waals surface area contributed by atoms with Gasteiger partial charge in [-0.1, -0.05) is 6.07 Å². The Balaban J connectivity index is 1.34. The van der Waals surface area contributed by atoms with Crippen LogP contribution in [-0.4, -0.2) is 58.5 Å². The normalized spacial score (nSPS) is 15.8. The second kappa shape index (κ2) is 7.34. The molecule has 0 radical (unpaired) electrons. The van der Waals surface area contributed by atoms with Crippen molar-refractivity contribution < 1.29 is 17.6 Å². The van der Waals surface area contributed by atoms with Crippen LogP contribution in [0.4, 0.5) is 4.39 Å². The molecule has 11 heteroatoms. The first-order chi connectivity index (χ1) is 14.4. The third-order valence-electron chi connectivity index (χ3n) is 5.08. The van der Waals surface area contributed by atoms with Gasteiger partial charge in [0.1, 0.15) is 21.7 Å². The molecule has 0 unspecified atom stereocenters. The van der Waals surface area contributed by atoms with Gasteiger partial charge < -0.3 is 4.90 Å². The number of rotatable bonds is 3. The number of aromatic nitrogens is 2. The van der Waals surface area contributed by atoms with Gasteiger partial charge in [-0.15, -0.1) is 11.3 Å². The van der Waals surface area contributed by atoms with E-state index in [0.29, 0.717) is 21.3 Å². The molecule has 5 rings (SSSR count). The summed E-state index contributed by atoms with van der Waals surface area (Å²) in [4.78, 5) is 15.2. The Hall–Kier alpha value is -2.47. The van der Waals surface area contributed by atoms with E-state index in [1.807, 2.05) is 0 Å². The molecule has 3 heterocycles. The third kappa shape index (κ3) is 3.27. The zero-order chi connectivity index (χ0) is 20.9. The summed E-state index contributed by atoms with van der Waals surface area (Å²) in [5.74, 6) is -0.511. The van der Waals surface area contributed by atoms with Crippen LogP contribution in [0.5, 0.6) is 0 Å². The fourth-order valence-electron chi connectivity index (χ4n) is 3.54. The fourth-order valence-corrected chi connectivity index (χ4v) is 6.72. The summed E-state index contributed by atoms with van der Waals surface area (Å²) in [6.45, 7) is 0.959. The van der Waals surface area contributed by atoms with Crippen LogP contribution in [-0.2, 0) is 10.0 Å². The number of carbonyl (C=O) groups excluding carboxylic acids is 1. The maximum absolute atomic E-state index is 13.4. The van der Waals surface area contributed by atoms with Gasteiger partial charge in [-0.05, 0) is 41.8 Å². The first-order valence-corrected chi connectivity index (χ1v) is 12.1. The van der Waals surface area contributed by atoms with Crippen molar-refractivity contribution in [2.75, 3.05) is 26.2 Å². The van der Waals surface area contributed by atoms with Crippen LogP contribution >= 0.6 is 23.1 Å².